The lowest BCUT2D eigenvalue weighted by molar-refractivity contribution is -0.113. The largest absolute Gasteiger partial charge is 0.348 e. The summed E-state index contributed by atoms with van der Waals surface area (Å²) in [5.74, 6) is -3.58. The standard InChI is InChI=1S/C16H11F3N2O2S/c17-9-4-11(18)10(12(19)5-9)6-20-16(23)8-1-2-14-13(3-8)21-15(22)7-24-14/h1-5H,6-7H2,(H,20,23)(H,21,22). The second-order valence-corrected chi connectivity index (χ2v) is 6.10. The molecule has 0 saturated heterocycles. The van der Waals surface area contributed by atoms with E-state index in [0.717, 1.165) is 4.90 Å². The van der Waals surface area contributed by atoms with Crippen LogP contribution in [0.2, 0.25) is 0 Å². The van der Waals surface area contributed by atoms with E-state index in [0.29, 0.717) is 23.6 Å². The molecule has 0 bridgehead atoms. The van der Waals surface area contributed by atoms with Crippen LogP contribution in [0.1, 0.15) is 15.9 Å². The van der Waals surface area contributed by atoms with Crippen molar-refractivity contribution in [2.75, 3.05) is 11.1 Å². The summed E-state index contributed by atoms with van der Waals surface area (Å²) in [5.41, 5.74) is 0.328. The van der Waals surface area contributed by atoms with E-state index in [1.165, 1.54) is 17.8 Å². The summed E-state index contributed by atoms with van der Waals surface area (Å²) < 4.78 is 40.0. The maximum absolute atomic E-state index is 13.6. The summed E-state index contributed by atoms with van der Waals surface area (Å²) in [7, 11) is 0. The number of carbonyl (C=O) groups excluding carboxylic acids is 2. The fourth-order valence-electron chi connectivity index (χ4n) is 2.24. The van der Waals surface area contributed by atoms with Crippen molar-refractivity contribution >= 4 is 29.3 Å². The molecule has 4 nitrogen and oxygen atoms in total. The molecule has 0 atom stereocenters. The van der Waals surface area contributed by atoms with Gasteiger partial charge in [0.15, 0.2) is 0 Å². The van der Waals surface area contributed by atoms with Crippen LogP contribution in [0.25, 0.3) is 0 Å². The van der Waals surface area contributed by atoms with E-state index in [1.807, 2.05) is 0 Å². The number of nitrogens with one attached hydrogen (secondary N) is 2. The molecule has 2 amide bonds. The van der Waals surface area contributed by atoms with Crippen molar-refractivity contribution < 1.29 is 22.8 Å². The molecule has 1 aliphatic heterocycles. The molecule has 1 aliphatic rings. The Morgan fingerprint density at radius 1 is 1.17 bits per heavy atom. The predicted octanol–water partition coefficient (Wildman–Crippen LogP) is 3.08. The molecule has 2 aromatic carbocycles. The molecule has 0 aliphatic carbocycles. The van der Waals surface area contributed by atoms with Crippen molar-refractivity contribution in [1.29, 1.82) is 0 Å². The molecule has 8 heteroatoms. The lowest BCUT2D eigenvalue weighted by Crippen LogP contribution is -2.25. The molecule has 2 N–H and O–H groups in total. The Bertz CT molecular complexity index is 819. The van der Waals surface area contributed by atoms with E-state index in [-0.39, 0.29) is 11.5 Å². The van der Waals surface area contributed by atoms with Crippen molar-refractivity contribution in [2.24, 2.45) is 0 Å². The van der Waals surface area contributed by atoms with Gasteiger partial charge in [0.1, 0.15) is 17.5 Å². The van der Waals surface area contributed by atoms with Crippen LogP contribution in [-0.4, -0.2) is 17.6 Å². The van der Waals surface area contributed by atoms with E-state index in [9.17, 15) is 22.8 Å². The van der Waals surface area contributed by atoms with Gasteiger partial charge in [-0.05, 0) is 18.2 Å². The van der Waals surface area contributed by atoms with Gasteiger partial charge in [0, 0.05) is 34.7 Å². The van der Waals surface area contributed by atoms with Crippen LogP contribution in [0.5, 0.6) is 0 Å². The van der Waals surface area contributed by atoms with Crippen molar-refractivity contribution in [3.8, 4) is 0 Å². The van der Waals surface area contributed by atoms with E-state index in [1.54, 1.807) is 12.1 Å². The minimum Gasteiger partial charge on any atom is -0.348 e. The Morgan fingerprint density at radius 2 is 1.88 bits per heavy atom. The van der Waals surface area contributed by atoms with Gasteiger partial charge in [-0.15, -0.1) is 11.8 Å². The smallest absolute Gasteiger partial charge is 0.251 e. The topological polar surface area (TPSA) is 58.2 Å². The SMILES string of the molecule is O=C1CSc2ccc(C(=O)NCc3c(F)cc(F)cc3F)cc2N1. The molecule has 0 spiro atoms. The Morgan fingerprint density at radius 3 is 2.58 bits per heavy atom. The van der Waals surface area contributed by atoms with E-state index < -0.39 is 35.5 Å². The lowest BCUT2D eigenvalue weighted by Gasteiger charge is -2.17. The Kier molecular flexibility index (Phi) is 4.48. The first-order valence-corrected chi connectivity index (χ1v) is 7.91. The number of rotatable bonds is 3. The van der Waals surface area contributed by atoms with Crippen LogP contribution in [0.15, 0.2) is 35.2 Å². The lowest BCUT2D eigenvalue weighted by atomic mass is 10.1. The Balaban J connectivity index is 1.74. The fourth-order valence-corrected chi connectivity index (χ4v) is 3.02. The molecule has 0 saturated carbocycles. The zero-order valence-corrected chi connectivity index (χ0v) is 13.0. The van der Waals surface area contributed by atoms with Gasteiger partial charge in [0.2, 0.25) is 5.91 Å². The van der Waals surface area contributed by atoms with E-state index in [4.69, 9.17) is 0 Å². The third-order valence-electron chi connectivity index (χ3n) is 3.41. The van der Waals surface area contributed by atoms with Gasteiger partial charge in [0.25, 0.3) is 5.91 Å². The number of fused-ring (bicyclic) bond motifs is 1. The van der Waals surface area contributed by atoms with E-state index in [2.05, 4.69) is 10.6 Å². The zero-order valence-electron chi connectivity index (χ0n) is 12.2. The van der Waals surface area contributed by atoms with Crippen LogP contribution in [0, 0.1) is 17.5 Å². The third-order valence-corrected chi connectivity index (χ3v) is 4.48. The molecule has 3 rings (SSSR count). The summed E-state index contributed by atoms with van der Waals surface area (Å²) in [6.45, 7) is -0.422. The quantitative estimate of drug-likeness (QED) is 0.893. The van der Waals surface area contributed by atoms with Gasteiger partial charge in [-0.25, -0.2) is 13.2 Å². The number of carbonyl (C=O) groups is 2. The molecule has 2 aromatic rings. The van der Waals surface area contributed by atoms with Crippen LogP contribution in [0.4, 0.5) is 18.9 Å². The molecule has 0 radical (unpaired) electrons. The third kappa shape index (κ3) is 3.38. The highest BCUT2D eigenvalue weighted by Gasteiger charge is 2.18. The Hall–Kier alpha value is -2.48. The average Bonchev–Trinajstić information content (AvgIpc) is 2.52. The highest BCUT2D eigenvalue weighted by Crippen LogP contribution is 2.31. The monoisotopic (exact) mass is 352 g/mol. The van der Waals surface area contributed by atoms with E-state index >= 15 is 0 Å². The van der Waals surface area contributed by atoms with Gasteiger partial charge >= 0.3 is 0 Å². The number of thioether (sulfide) groups is 1. The second-order valence-electron chi connectivity index (χ2n) is 5.08. The molecule has 1 heterocycles. The first kappa shape index (κ1) is 16.4. The highest BCUT2D eigenvalue weighted by atomic mass is 32.2. The minimum atomic E-state index is -1.07. The van der Waals surface area contributed by atoms with Gasteiger partial charge in [-0.1, -0.05) is 0 Å². The first-order chi connectivity index (χ1) is 11.4. The van der Waals surface area contributed by atoms with Gasteiger partial charge in [-0.3, -0.25) is 9.59 Å². The van der Waals surface area contributed by atoms with Crippen LogP contribution in [0.3, 0.4) is 0 Å². The van der Waals surface area contributed by atoms with Gasteiger partial charge < -0.3 is 10.6 Å². The summed E-state index contributed by atoms with van der Waals surface area (Å²) in [5, 5.41) is 5.03. The fraction of sp³-hybridized carbons (Fsp3) is 0.125. The van der Waals surface area contributed by atoms with Crippen LogP contribution >= 0.6 is 11.8 Å². The number of anilines is 1. The van der Waals surface area contributed by atoms with Crippen LogP contribution < -0.4 is 10.6 Å². The molecular formula is C16H11F3N2O2S. The molecule has 0 aromatic heterocycles. The minimum absolute atomic E-state index is 0.166. The summed E-state index contributed by atoms with van der Waals surface area (Å²) in [4.78, 5) is 24.3. The summed E-state index contributed by atoms with van der Waals surface area (Å²) in [6.07, 6.45) is 0. The van der Waals surface area contributed by atoms with Gasteiger partial charge in [-0.2, -0.15) is 0 Å². The number of hydrogen-bond acceptors (Lipinski definition) is 3. The van der Waals surface area contributed by atoms with Gasteiger partial charge in [0.05, 0.1) is 11.4 Å². The first-order valence-electron chi connectivity index (χ1n) is 6.92. The maximum Gasteiger partial charge on any atom is 0.251 e. The number of benzene rings is 2. The molecule has 0 fully saturated rings. The molecule has 24 heavy (non-hydrogen) atoms. The van der Waals surface area contributed by atoms with Crippen molar-refractivity contribution in [3.05, 3.63) is 58.9 Å². The number of hydrogen-bond donors (Lipinski definition) is 2. The molecule has 124 valence electrons. The van der Waals surface area contributed by atoms with Crippen LogP contribution in [-0.2, 0) is 11.3 Å². The number of halogens is 3. The van der Waals surface area contributed by atoms with Crippen molar-refractivity contribution in [2.45, 2.75) is 11.4 Å². The highest BCUT2D eigenvalue weighted by molar-refractivity contribution is 8.00. The summed E-state index contributed by atoms with van der Waals surface area (Å²) >= 11 is 1.35. The maximum atomic E-state index is 13.6. The Labute approximate surface area is 139 Å². The normalized spacial score (nSPS) is 13.2. The van der Waals surface area contributed by atoms with Crippen molar-refractivity contribution in [3.63, 3.8) is 0 Å². The average molecular weight is 352 g/mol. The zero-order chi connectivity index (χ0) is 17.3. The molecule has 0 unspecified atom stereocenters. The van der Waals surface area contributed by atoms with Crippen molar-refractivity contribution in [1.82, 2.24) is 5.32 Å². The predicted molar refractivity (Wildman–Crippen MR) is 83.3 cm³/mol. The second kappa shape index (κ2) is 6.56. The number of amides is 2. The summed E-state index contributed by atoms with van der Waals surface area (Å²) in [6, 6.07) is 5.84. The molecular weight excluding hydrogens is 341 g/mol.